The molecule has 0 saturated carbocycles. The molecule has 1 fully saturated rings. The van der Waals surface area contributed by atoms with E-state index in [1.54, 1.807) is 0 Å². The van der Waals surface area contributed by atoms with Crippen LogP contribution in [0, 0.1) is 41.5 Å². The fraction of sp³-hybridized carbons (Fsp3) is 0.154. The molecule has 1 saturated heterocycles. The van der Waals surface area contributed by atoms with Crippen LogP contribution in [-0.2, 0) is 10.2 Å². The molecule has 0 aromatic heterocycles. The first kappa shape index (κ1) is 39.0. The van der Waals surface area contributed by atoms with Crippen molar-refractivity contribution < 1.29 is 10.2 Å². The zero-order valence-corrected chi connectivity index (χ0v) is 38.3. The Kier molecular flexibility index (Phi) is 9.85. The van der Waals surface area contributed by atoms with Gasteiger partial charge >= 0.3 is 355 Å². The first-order valence-corrected chi connectivity index (χ1v) is 30.7. The van der Waals surface area contributed by atoms with Crippen LogP contribution in [0.3, 0.4) is 0 Å². The van der Waals surface area contributed by atoms with Gasteiger partial charge in [0.15, 0.2) is 0 Å². The van der Waals surface area contributed by atoms with Crippen LogP contribution in [0.25, 0.3) is 11.6 Å². The third-order valence-corrected chi connectivity index (χ3v) is 44.6. The molecule has 0 amide bonds. The summed E-state index contributed by atoms with van der Waals surface area (Å²) in [5.41, 5.74) is 10.8. The summed E-state index contributed by atoms with van der Waals surface area (Å²) in [5, 5.41) is 3.60. The van der Waals surface area contributed by atoms with Crippen molar-refractivity contribution in [2.24, 2.45) is 0 Å². The molecule has 0 atom stereocenters. The predicted octanol–water partition coefficient (Wildman–Crippen LogP) is 11.8. The summed E-state index contributed by atoms with van der Waals surface area (Å²) in [6.45, 7) is 14.9. The van der Waals surface area contributed by atoms with Gasteiger partial charge in [0.05, 0.1) is 0 Å². The molecule has 9 rings (SSSR count). The zero-order valence-electron chi connectivity index (χ0n) is 34.0. The number of hydrogen-bond donors (Lipinski definition) is 0. The van der Waals surface area contributed by atoms with Gasteiger partial charge in [0.25, 0.3) is 0 Å². The Morgan fingerprint density at radius 2 is 0.931 bits per heavy atom. The number of aryl methyl sites for hydroxylation is 6. The molecule has 1 heterocycles. The van der Waals surface area contributed by atoms with Gasteiger partial charge in [0.1, 0.15) is 0 Å². The summed E-state index contributed by atoms with van der Waals surface area (Å²) in [5.74, 6) is 0. The monoisotopic (exact) mass is 905 g/mol. The molecule has 0 bridgehead atoms. The Morgan fingerprint density at radius 3 is 1.38 bits per heavy atom. The Labute approximate surface area is 352 Å². The van der Waals surface area contributed by atoms with Crippen molar-refractivity contribution in [1.82, 2.24) is 0 Å². The number of rotatable bonds is 6. The van der Waals surface area contributed by atoms with Crippen molar-refractivity contribution in [3.8, 4) is 0 Å². The fourth-order valence-electron chi connectivity index (χ4n) is 10.0. The van der Waals surface area contributed by atoms with Crippen molar-refractivity contribution in [2.45, 2.75) is 41.5 Å². The van der Waals surface area contributed by atoms with Gasteiger partial charge in [-0.25, -0.2) is 0 Å². The molecular formula is C52H50Cl2N2PRu. The summed E-state index contributed by atoms with van der Waals surface area (Å²) in [7, 11) is 13.7. The second-order valence-corrected chi connectivity index (χ2v) is 42.1. The van der Waals surface area contributed by atoms with E-state index in [4.69, 9.17) is 0 Å². The maximum absolute atomic E-state index is 9.70. The second-order valence-electron chi connectivity index (χ2n) is 15.9. The van der Waals surface area contributed by atoms with Crippen molar-refractivity contribution in [2.75, 3.05) is 22.9 Å². The van der Waals surface area contributed by atoms with Crippen molar-refractivity contribution in [1.29, 1.82) is 0 Å². The molecule has 2 aliphatic carbocycles. The zero-order chi connectivity index (χ0) is 40.4. The van der Waals surface area contributed by atoms with Gasteiger partial charge in [-0.2, -0.15) is 0 Å². The van der Waals surface area contributed by atoms with E-state index in [9.17, 15) is 19.4 Å². The van der Waals surface area contributed by atoms with Gasteiger partial charge in [-0.05, 0) is 0 Å². The second kappa shape index (κ2) is 14.7. The Bertz CT molecular complexity index is 2680. The van der Waals surface area contributed by atoms with E-state index in [0.29, 0.717) is 0 Å². The average Bonchev–Trinajstić information content (AvgIpc) is 3.81. The number of fused-ring (bicyclic) bond motifs is 3. The standard InChI is InChI=1S/C21H26N2.C18H15P.C13H8.2ClH.Ru/c1-14-9-16(3)20(17(4)10-14)22-7-8-23(13-22)21-18(5)11-15(2)12-19(21)6;1-4-10-16(11-5-1)19(17-12-6-2-7-13-17)18-14-8-3-9-15-18;1-3-7-12-10(5-1)9-11-6-2-4-8-13(11)12;;;/h9-12H,7-8H2,1-6H3;1-15H;1-5,7-9H;2*1H;/q;;;;;+1/p-1. The fourth-order valence-corrected chi connectivity index (χ4v) is 47.0. The number of anilines is 2. The van der Waals surface area contributed by atoms with Gasteiger partial charge < -0.3 is 0 Å². The van der Waals surface area contributed by atoms with E-state index in [2.05, 4.69) is 215 Å². The molecule has 0 N–H and O–H groups in total. The van der Waals surface area contributed by atoms with Crippen LogP contribution in [0.4, 0.5) is 11.4 Å². The quantitative estimate of drug-likeness (QED) is 0.121. The number of benzene rings is 6. The molecule has 58 heavy (non-hydrogen) atoms. The minimum absolute atomic E-state index is 0.740. The van der Waals surface area contributed by atoms with E-state index >= 15 is 0 Å². The van der Waals surface area contributed by atoms with Gasteiger partial charge in [-0.15, -0.1) is 0 Å². The summed E-state index contributed by atoms with van der Waals surface area (Å²) in [6, 6.07) is 51.3. The summed E-state index contributed by atoms with van der Waals surface area (Å²) in [4.78, 5) is 5.15. The Morgan fingerprint density at radius 1 is 0.517 bits per heavy atom. The molecule has 1 aliphatic heterocycles. The molecule has 0 unspecified atom stereocenters. The molecular weight excluding hydrogens is 856 g/mol. The molecule has 0 radical (unpaired) electrons. The van der Waals surface area contributed by atoms with Crippen LogP contribution in [0.2, 0.25) is 0 Å². The van der Waals surface area contributed by atoms with E-state index in [0.717, 1.165) is 27.1 Å². The van der Waals surface area contributed by atoms with Crippen molar-refractivity contribution in [3.63, 3.8) is 0 Å². The first-order valence-electron chi connectivity index (χ1n) is 20.0. The van der Waals surface area contributed by atoms with Crippen LogP contribution in [0.15, 0.2) is 163 Å². The predicted molar refractivity (Wildman–Crippen MR) is 256 cm³/mol. The number of allylic oxidation sites excluding steroid dienone is 5. The van der Waals surface area contributed by atoms with E-state index in [1.165, 1.54) is 77.4 Å². The minimum atomic E-state index is -5.66. The Hall–Kier alpha value is -4.49. The molecule has 6 heteroatoms. The topological polar surface area (TPSA) is 6.48 Å². The number of nitrogens with zero attached hydrogens (tertiary/aromatic N) is 2. The van der Waals surface area contributed by atoms with Crippen LogP contribution < -0.4 is 25.7 Å². The normalized spacial score (nSPS) is 16.1. The number of halogens is 2. The van der Waals surface area contributed by atoms with Gasteiger partial charge in [-0.1, -0.05) is 0 Å². The average molecular weight is 906 g/mol. The number of hydrogen-bond acceptors (Lipinski definition) is 2. The molecule has 295 valence electrons. The molecule has 2 nitrogen and oxygen atoms in total. The van der Waals surface area contributed by atoms with Crippen LogP contribution in [-0.4, -0.2) is 21.6 Å². The SMILES string of the molecule is Cc1cc(C)c(N2CCN(c3c(C)cc(C)cc3C)[C]2=[Ru]([Cl])([Cl])(=[C]2C=CC=C3C2=Cc2ccccc23)[PH](c2ccccc2)(c2ccccc2)c2ccccc2)c(C)c1. The summed E-state index contributed by atoms with van der Waals surface area (Å²) >= 11 is 0. The van der Waals surface area contributed by atoms with Crippen LogP contribution >= 0.6 is 25.0 Å². The van der Waals surface area contributed by atoms with Crippen LogP contribution in [0.1, 0.15) is 44.5 Å². The first-order chi connectivity index (χ1) is 27.9. The molecule has 6 aromatic carbocycles. The summed E-state index contributed by atoms with van der Waals surface area (Å²) < 4.78 is 2.11. The third-order valence-electron chi connectivity index (χ3n) is 12.0. The molecule has 3 aliphatic rings. The third kappa shape index (κ3) is 5.73. The van der Waals surface area contributed by atoms with Gasteiger partial charge in [-0.3, -0.25) is 0 Å². The molecule has 6 aromatic rings. The van der Waals surface area contributed by atoms with E-state index in [-0.39, 0.29) is 0 Å². The van der Waals surface area contributed by atoms with Gasteiger partial charge in [0, 0.05) is 0 Å². The van der Waals surface area contributed by atoms with Gasteiger partial charge in [0.2, 0.25) is 0 Å². The van der Waals surface area contributed by atoms with Crippen molar-refractivity contribution >= 4 is 72.4 Å². The maximum atomic E-state index is 9.70. The van der Waals surface area contributed by atoms with E-state index in [1.807, 2.05) is 0 Å². The Balaban J connectivity index is 1.64. The van der Waals surface area contributed by atoms with Crippen molar-refractivity contribution in [3.05, 3.63) is 208 Å². The molecule has 0 spiro atoms. The van der Waals surface area contributed by atoms with E-state index < -0.39 is 15.8 Å². The summed E-state index contributed by atoms with van der Waals surface area (Å²) in [6.07, 6.45) is 9.13. The van der Waals surface area contributed by atoms with Crippen LogP contribution in [0.5, 0.6) is 0 Å².